The maximum atomic E-state index is 12.9. The largest absolute Gasteiger partial charge is 0.481 e. The molecule has 0 aliphatic carbocycles. The van der Waals surface area contributed by atoms with E-state index in [-0.39, 0.29) is 29.8 Å². The van der Waals surface area contributed by atoms with Crippen molar-refractivity contribution >= 4 is 44.6 Å². The maximum absolute atomic E-state index is 12.9. The first kappa shape index (κ1) is 57.7. The second-order valence-electron chi connectivity index (χ2n) is 17.5. The average Bonchev–Trinajstić information content (AvgIpc) is 3.84. The Kier molecular flexibility index (Phi) is 28.9. The van der Waals surface area contributed by atoms with E-state index in [9.17, 15) is 38.7 Å². The van der Waals surface area contributed by atoms with Crippen molar-refractivity contribution in [1.29, 1.82) is 0 Å². The number of aromatic nitrogens is 4. The van der Waals surface area contributed by atoms with Crippen LogP contribution in [0.5, 0.6) is 0 Å². The number of nitrogens with zero attached hydrogens (tertiary/aromatic N) is 4. The third kappa shape index (κ3) is 23.6. The van der Waals surface area contributed by atoms with E-state index in [4.69, 9.17) is 29.0 Å². The fraction of sp³-hybridized carbons (Fsp3) is 0.844. The van der Waals surface area contributed by atoms with Crippen LogP contribution in [0.4, 0.5) is 5.82 Å². The highest BCUT2D eigenvalue weighted by atomic mass is 31.3. The van der Waals surface area contributed by atoms with Gasteiger partial charge in [-0.15, -0.1) is 0 Å². The Hall–Kier alpha value is -2.57. The summed E-state index contributed by atoms with van der Waals surface area (Å²) in [6.07, 6.45) is 25.2. The molecule has 1 fully saturated rings. The van der Waals surface area contributed by atoms with E-state index in [1.165, 1.54) is 126 Å². The van der Waals surface area contributed by atoms with Crippen molar-refractivity contribution in [2.75, 3.05) is 25.6 Å². The van der Waals surface area contributed by atoms with E-state index in [2.05, 4.69) is 33.1 Å². The molecule has 1 aliphatic heterocycles. The number of aliphatic hydroxyl groups excluding tert-OH is 2. The van der Waals surface area contributed by atoms with Crippen molar-refractivity contribution in [1.82, 2.24) is 19.5 Å². The lowest BCUT2D eigenvalue weighted by atomic mass is 10.0. The topological polar surface area (TPSA) is 274 Å². The molecule has 2 unspecified atom stereocenters. The number of nitrogen functional groups attached to an aromatic ring is 1. The van der Waals surface area contributed by atoms with Crippen molar-refractivity contribution in [3.8, 4) is 0 Å². The summed E-state index contributed by atoms with van der Waals surface area (Å²) in [5.74, 6) is -1.09. The zero-order chi connectivity index (χ0) is 48.0. The van der Waals surface area contributed by atoms with E-state index in [1.807, 2.05) is 0 Å². The lowest BCUT2D eigenvalue weighted by Gasteiger charge is -2.21. The molecule has 0 saturated carbocycles. The first-order valence-corrected chi connectivity index (χ1v) is 27.7. The van der Waals surface area contributed by atoms with Gasteiger partial charge in [0, 0.05) is 12.8 Å². The Morgan fingerprint density at radius 1 is 0.667 bits per heavy atom. The number of phosphoric ester groups is 2. The number of carbonyl (C=O) groups is 2. The van der Waals surface area contributed by atoms with Gasteiger partial charge < -0.3 is 39.9 Å². The van der Waals surface area contributed by atoms with E-state index in [0.717, 1.165) is 44.9 Å². The molecule has 66 heavy (non-hydrogen) atoms. The monoisotopic (exact) mass is 978 g/mol. The van der Waals surface area contributed by atoms with E-state index in [0.29, 0.717) is 12.8 Å². The molecule has 1 saturated heterocycles. The van der Waals surface area contributed by atoms with E-state index < -0.39 is 78.0 Å². The quantitative estimate of drug-likeness (QED) is 0.0236. The average molecular weight is 978 g/mol. The summed E-state index contributed by atoms with van der Waals surface area (Å²) in [5.41, 5.74) is 6.22. The van der Waals surface area contributed by atoms with E-state index in [1.54, 1.807) is 0 Å². The molecule has 380 valence electrons. The van der Waals surface area contributed by atoms with Gasteiger partial charge in [-0.05, 0) is 12.8 Å². The number of nitrogens with two attached hydrogens (primary N) is 1. The first-order chi connectivity index (χ1) is 31.8. The molecule has 7 atom stereocenters. The molecule has 1 aliphatic rings. The Morgan fingerprint density at radius 2 is 1.14 bits per heavy atom. The van der Waals surface area contributed by atoms with Crippen LogP contribution in [0.3, 0.4) is 0 Å². The standard InChI is InChI=1S/C45H81N5O14P2/c1-3-5-7-9-11-13-15-17-19-21-23-25-27-29-38(51)59-31-36(62-39(52)30-28-26-24-22-20-18-16-14-12-10-8-6-4-2)32-60-65(55,56)64-66(57,58)61-33-37-41(53)42(54)45(63-37)50-35-49-40-43(46)47-34-48-44(40)50/h34-37,41-42,45,53-54H,3-33H2,1-2H3,(H,55,56)(H,57,58)(H2,46,47,48)/t36-,37-,41+,42+,45-/m1/s1. The fourth-order valence-corrected chi connectivity index (χ4v) is 9.98. The van der Waals surface area contributed by atoms with Crippen LogP contribution >= 0.6 is 15.6 Å². The number of hydrogen-bond donors (Lipinski definition) is 5. The SMILES string of the molecule is CCCCCCCCCCCCCCCC(=O)OC[C@H](COP(=O)(O)OP(=O)(O)OC[C@H]1O[C@@H](n2cnc3c(N)ncnc32)[C@@H](O)[C@H]1O)OC(=O)CCCCCCCCCCCCCCC. The highest BCUT2D eigenvalue weighted by Gasteiger charge is 2.46. The van der Waals surface area contributed by atoms with Crippen molar-refractivity contribution in [3.05, 3.63) is 12.7 Å². The van der Waals surface area contributed by atoms with Gasteiger partial charge in [-0.3, -0.25) is 23.2 Å². The number of esters is 2. The van der Waals surface area contributed by atoms with Gasteiger partial charge in [0.2, 0.25) is 0 Å². The van der Waals surface area contributed by atoms with Gasteiger partial charge in [-0.2, -0.15) is 4.31 Å². The number of anilines is 1. The van der Waals surface area contributed by atoms with Crippen molar-refractivity contribution < 1.29 is 66.3 Å². The van der Waals surface area contributed by atoms with Crippen LogP contribution in [0.15, 0.2) is 12.7 Å². The molecule has 19 nitrogen and oxygen atoms in total. The lowest BCUT2D eigenvalue weighted by Crippen LogP contribution is -2.33. The van der Waals surface area contributed by atoms with Crippen LogP contribution in [0.25, 0.3) is 11.2 Å². The molecule has 0 spiro atoms. The summed E-state index contributed by atoms with van der Waals surface area (Å²) in [5, 5.41) is 21.3. The van der Waals surface area contributed by atoms with Gasteiger partial charge in [0.05, 0.1) is 19.5 Å². The van der Waals surface area contributed by atoms with Gasteiger partial charge in [0.25, 0.3) is 0 Å². The summed E-state index contributed by atoms with van der Waals surface area (Å²) in [6, 6.07) is 0. The minimum Gasteiger partial charge on any atom is -0.462 e. The van der Waals surface area contributed by atoms with Gasteiger partial charge in [-0.25, -0.2) is 24.1 Å². The molecule has 0 aromatic carbocycles. The molecule has 2 aromatic rings. The molecule has 0 bridgehead atoms. The molecule has 6 N–H and O–H groups in total. The number of unbranched alkanes of at least 4 members (excludes halogenated alkanes) is 24. The van der Waals surface area contributed by atoms with Crippen LogP contribution in [0.1, 0.15) is 200 Å². The molecular weight excluding hydrogens is 896 g/mol. The second kappa shape index (κ2) is 33.0. The number of rotatable bonds is 40. The Balaban J connectivity index is 1.43. The maximum Gasteiger partial charge on any atom is 0.481 e. The van der Waals surface area contributed by atoms with Crippen LogP contribution < -0.4 is 5.73 Å². The zero-order valence-corrected chi connectivity index (χ0v) is 41.4. The fourth-order valence-electron chi connectivity index (χ4n) is 7.87. The first-order valence-electron chi connectivity index (χ1n) is 24.7. The van der Waals surface area contributed by atoms with Gasteiger partial charge in [-0.1, -0.05) is 168 Å². The molecule has 3 rings (SSSR count). The second-order valence-corrected chi connectivity index (χ2v) is 20.6. The summed E-state index contributed by atoms with van der Waals surface area (Å²) < 4.78 is 57.8. The van der Waals surface area contributed by atoms with Crippen molar-refractivity contribution in [2.24, 2.45) is 0 Å². The Labute approximate surface area is 391 Å². The zero-order valence-electron chi connectivity index (χ0n) is 39.6. The minimum absolute atomic E-state index is 0.0661. The van der Waals surface area contributed by atoms with Crippen LogP contribution in [-0.4, -0.2) is 95.7 Å². The Morgan fingerprint density at radius 3 is 1.65 bits per heavy atom. The minimum atomic E-state index is -5.39. The van der Waals surface area contributed by atoms with Crippen LogP contribution in [0, 0.1) is 0 Å². The third-order valence-electron chi connectivity index (χ3n) is 11.7. The number of carbonyl (C=O) groups excluding carboxylic acids is 2. The van der Waals surface area contributed by atoms with Crippen molar-refractivity contribution in [3.63, 3.8) is 0 Å². The predicted octanol–water partition coefficient (Wildman–Crippen LogP) is 9.70. The molecular formula is C45H81N5O14P2. The summed E-state index contributed by atoms with van der Waals surface area (Å²) >= 11 is 0. The predicted molar refractivity (Wildman–Crippen MR) is 250 cm³/mol. The van der Waals surface area contributed by atoms with Gasteiger partial charge in [0.1, 0.15) is 36.8 Å². The summed E-state index contributed by atoms with van der Waals surface area (Å²) in [7, 11) is -10.8. The number of aliphatic hydroxyl groups is 2. The van der Waals surface area contributed by atoms with Gasteiger partial charge in [0.15, 0.2) is 23.8 Å². The number of fused-ring (bicyclic) bond motifs is 1. The Bertz CT molecular complexity index is 1740. The number of hydrogen-bond acceptors (Lipinski definition) is 16. The smallest absolute Gasteiger partial charge is 0.462 e. The van der Waals surface area contributed by atoms with Crippen LogP contribution in [-0.2, 0) is 46.3 Å². The normalized spacial score (nSPS) is 19.7. The number of phosphoric acid groups is 2. The number of imidazole rings is 1. The molecule has 21 heteroatoms. The molecule has 0 radical (unpaired) electrons. The third-order valence-corrected chi connectivity index (χ3v) is 14.3. The lowest BCUT2D eigenvalue weighted by molar-refractivity contribution is -0.161. The molecule has 3 heterocycles. The van der Waals surface area contributed by atoms with Crippen molar-refractivity contribution in [2.45, 2.75) is 224 Å². The molecule has 2 aromatic heterocycles. The van der Waals surface area contributed by atoms with Gasteiger partial charge >= 0.3 is 27.6 Å². The highest BCUT2D eigenvalue weighted by molar-refractivity contribution is 7.61. The summed E-state index contributed by atoms with van der Waals surface area (Å²) in [6.45, 7) is 2.26. The van der Waals surface area contributed by atoms with Crippen LogP contribution in [0.2, 0.25) is 0 Å². The number of ether oxygens (including phenoxy) is 3. The summed E-state index contributed by atoms with van der Waals surface area (Å²) in [4.78, 5) is 58.2. The molecule has 0 amide bonds. The van der Waals surface area contributed by atoms with E-state index >= 15 is 0 Å². The highest BCUT2D eigenvalue weighted by Crippen LogP contribution is 2.60.